The van der Waals surface area contributed by atoms with Crippen molar-refractivity contribution in [3.05, 3.63) is 65.7 Å². The van der Waals surface area contributed by atoms with Gasteiger partial charge in [-0.2, -0.15) is 0 Å². The number of nitrogens with one attached hydrogen (secondary N) is 1. The minimum absolute atomic E-state index is 0.0433. The first kappa shape index (κ1) is 23.5. The maximum Gasteiger partial charge on any atom is 0.269 e. The summed E-state index contributed by atoms with van der Waals surface area (Å²) in [7, 11) is -4.12. The number of fused-ring (bicyclic) bond motifs is 1. The summed E-state index contributed by atoms with van der Waals surface area (Å²) >= 11 is 0. The Bertz CT molecular complexity index is 1120. The predicted octanol–water partition coefficient (Wildman–Crippen LogP) is 1.82. The molecule has 3 rings (SSSR count). The molecule has 0 radical (unpaired) electrons. The van der Waals surface area contributed by atoms with Crippen molar-refractivity contribution in [2.24, 2.45) is 0 Å². The van der Waals surface area contributed by atoms with Crippen LogP contribution < -0.4 is 5.32 Å². The van der Waals surface area contributed by atoms with E-state index in [0.29, 0.717) is 10.7 Å². The molecular weight excluding hydrogens is 430 g/mol. The summed E-state index contributed by atoms with van der Waals surface area (Å²) in [6.07, 6.45) is 0.479. The van der Waals surface area contributed by atoms with Crippen LogP contribution in [-0.4, -0.2) is 60.5 Å². The molecule has 1 aliphatic heterocycles. The van der Waals surface area contributed by atoms with Crippen LogP contribution in [-0.2, 0) is 26.0 Å². The molecule has 32 heavy (non-hydrogen) atoms. The molecule has 1 N–H and O–H groups in total. The summed E-state index contributed by atoms with van der Waals surface area (Å²) in [5.74, 6) is -1.70. The lowest BCUT2D eigenvalue weighted by molar-refractivity contribution is -0.140. The second-order valence-electron chi connectivity index (χ2n) is 7.97. The fraction of sp³-hybridized carbons (Fsp3) is 0.348. The van der Waals surface area contributed by atoms with Crippen molar-refractivity contribution in [1.82, 2.24) is 14.5 Å². The van der Waals surface area contributed by atoms with Gasteiger partial charge in [0.1, 0.15) is 17.5 Å². The second kappa shape index (κ2) is 9.52. The van der Waals surface area contributed by atoms with Crippen molar-refractivity contribution < 1.29 is 22.8 Å². The van der Waals surface area contributed by atoms with Crippen LogP contribution in [0.5, 0.6) is 0 Å². The quantitative estimate of drug-likeness (QED) is 0.651. The van der Waals surface area contributed by atoms with Crippen LogP contribution in [0.3, 0.4) is 0 Å². The number of benzene rings is 2. The van der Waals surface area contributed by atoms with E-state index < -0.39 is 34.4 Å². The zero-order valence-electron chi connectivity index (χ0n) is 18.3. The number of carbonyl (C=O) groups excluding carboxylic acids is 3. The summed E-state index contributed by atoms with van der Waals surface area (Å²) in [4.78, 5) is 39.8. The van der Waals surface area contributed by atoms with Crippen molar-refractivity contribution >= 4 is 27.7 Å². The highest BCUT2D eigenvalue weighted by atomic mass is 32.2. The average molecular weight is 458 g/mol. The van der Waals surface area contributed by atoms with E-state index in [9.17, 15) is 22.8 Å². The Morgan fingerprint density at radius 2 is 1.62 bits per heavy atom. The van der Waals surface area contributed by atoms with E-state index in [1.54, 1.807) is 13.0 Å². The van der Waals surface area contributed by atoms with E-state index in [2.05, 4.69) is 5.32 Å². The SMILES string of the molecule is CC(C)NC(=O)C(C)N(CCc1ccccc1)C(=O)CN1C(=O)c2ccccc2S1(=O)=O. The van der Waals surface area contributed by atoms with Gasteiger partial charge in [0, 0.05) is 12.6 Å². The van der Waals surface area contributed by atoms with E-state index in [1.807, 2.05) is 44.2 Å². The van der Waals surface area contributed by atoms with Crippen LogP contribution in [0.2, 0.25) is 0 Å². The van der Waals surface area contributed by atoms with E-state index >= 15 is 0 Å². The predicted molar refractivity (Wildman–Crippen MR) is 119 cm³/mol. The van der Waals surface area contributed by atoms with Crippen molar-refractivity contribution in [3.8, 4) is 0 Å². The van der Waals surface area contributed by atoms with Crippen molar-refractivity contribution in [2.45, 2.75) is 44.2 Å². The van der Waals surface area contributed by atoms with Gasteiger partial charge in [-0.3, -0.25) is 14.4 Å². The highest BCUT2D eigenvalue weighted by Gasteiger charge is 2.43. The molecule has 1 atom stereocenters. The standard InChI is InChI=1S/C23H27N3O5S/c1-16(2)24-22(28)17(3)25(14-13-18-9-5-4-6-10-18)21(27)15-26-23(29)19-11-7-8-12-20(19)32(26,30)31/h4-12,16-17H,13-15H2,1-3H3,(H,24,28). The first-order valence-electron chi connectivity index (χ1n) is 10.4. The van der Waals surface area contributed by atoms with E-state index in [1.165, 1.54) is 23.1 Å². The minimum Gasteiger partial charge on any atom is -0.352 e. The molecule has 0 fully saturated rings. The van der Waals surface area contributed by atoms with Crippen LogP contribution >= 0.6 is 0 Å². The number of carbonyl (C=O) groups is 3. The molecule has 0 bridgehead atoms. The summed E-state index contributed by atoms with van der Waals surface area (Å²) < 4.78 is 26.3. The zero-order chi connectivity index (χ0) is 23.5. The van der Waals surface area contributed by atoms with E-state index in [4.69, 9.17) is 0 Å². The van der Waals surface area contributed by atoms with Gasteiger partial charge in [-0.25, -0.2) is 12.7 Å². The summed E-state index contributed by atoms with van der Waals surface area (Å²) in [6.45, 7) is 4.76. The number of hydrogen-bond donors (Lipinski definition) is 1. The maximum atomic E-state index is 13.2. The van der Waals surface area contributed by atoms with Gasteiger partial charge in [0.25, 0.3) is 15.9 Å². The molecule has 170 valence electrons. The topological polar surface area (TPSA) is 104 Å². The Labute approximate surface area is 188 Å². The number of sulfonamides is 1. The molecule has 0 saturated heterocycles. The molecule has 1 heterocycles. The molecule has 9 heteroatoms. The van der Waals surface area contributed by atoms with Gasteiger partial charge in [-0.1, -0.05) is 42.5 Å². The fourth-order valence-electron chi connectivity index (χ4n) is 3.58. The Morgan fingerprint density at radius 3 is 2.25 bits per heavy atom. The maximum absolute atomic E-state index is 13.2. The lowest BCUT2D eigenvalue weighted by atomic mass is 10.1. The molecule has 0 aliphatic carbocycles. The summed E-state index contributed by atoms with van der Waals surface area (Å²) in [5.41, 5.74) is 1.01. The molecule has 1 aliphatic rings. The van der Waals surface area contributed by atoms with Gasteiger partial charge >= 0.3 is 0 Å². The number of nitrogens with zero attached hydrogens (tertiary/aromatic N) is 2. The lowest BCUT2D eigenvalue weighted by Crippen LogP contribution is -2.53. The van der Waals surface area contributed by atoms with E-state index in [0.717, 1.165) is 5.56 Å². The Morgan fingerprint density at radius 1 is 1.00 bits per heavy atom. The Balaban J connectivity index is 1.83. The van der Waals surface area contributed by atoms with Crippen LogP contribution in [0.15, 0.2) is 59.5 Å². The van der Waals surface area contributed by atoms with Gasteiger partial charge in [-0.05, 0) is 44.9 Å². The highest BCUT2D eigenvalue weighted by Crippen LogP contribution is 2.29. The second-order valence-corrected chi connectivity index (χ2v) is 9.81. The molecule has 0 aromatic heterocycles. The molecule has 0 saturated carbocycles. The van der Waals surface area contributed by atoms with Gasteiger partial charge in [-0.15, -0.1) is 0 Å². The van der Waals surface area contributed by atoms with Crippen molar-refractivity contribution in [2.75, 3.05) is 13.1 Å². The summed E-state index contributed by atoms with van der Waals surface area (Å²) in [5, 5.41) is 2.78. The molecule has 3 amide bonds. The monoisotopic (exact) mass is 457 g/mol. The van der Waals surface area contributed by atoms with Crippen LogP contribution in [0.4, 0.5) is 0 Å². The Hall–Kier alpha value is -3.20. The van der Waals surface area contributed by atoms with Gasteiger partial charge in [0.15, 0.2) is 0 Å². The largest absolute Gasteiger partial charge is 0.352 e. The van der Waals surface area contributed by atoms with Crippen molar-refractivity contribution in [1.29, 1.82) is 0 Å². The highest BCUT2D eigenvalue weighted by molar-refractivity contribution is 7.90. The van der Waals surface area contributed by atoms with Crippen LogP contribution in [0, 0.1) is 0 Å². The van der Waals surface area contributed by atoms with Gasteiger partial charge in [0.2, 0.25) is 11.8 Å². The van der Waals surface area contributed by atoms with Crippen LogP contribution in [0.1, 0.15) is 36.7 Å². The molecule has 8 nitrogen and oxygen atoms in total. The molecule has 1 unspecified atom stereocenters. The zero-order valence-corrected chi connectivity index (χ0v) is 19.1. The number of amides is 3. The third-order valence-corrected chi connectivity index (χ3v) is 7.06. The number of rotatable bonds is 8. The smallest absolute Gasteiger partial charge is 0.269 e. The van der Waals surface area contributed by atoms with Gasteiger partial charge in [0.05, 0.1) is 5.56 Å². The Kier molecular flexibility index (Phi) is 6.98. The molecular formula is C23H27N3O5S. The molecule has 0 spiro atoms. The third kappa shape index (κ3) is 4.83. The summed E-state index contributed by atoms with van der Waals surface area (Å²) in [6, 6.07) is 14.4. The lowest BCUT2D eigenvalue weighted by Gasteiger charge is -2.30. The first-order valence-corrected chi connectivity index (χ1v) is 11.9. The number of hydrogen-bond acceptors (Lipinski definition) is 5. The average Bonchev–Trinajstić information content (AvgIpc) is 2.95. The molecule has 2 aromatic carbocycles. The van der Waals surface area contributed by atoms with Gasteiger partial charge < -0.3 is 10.2 Å². The van der Waals surface area contributed by atoms with Crippen LogP contribution in [0.25, 0.3) is 0 Å². The normalized spacial score (nSPS) is 15.4. The molecule has 2 aromatic rings. The minimum atomic E-state index is -4.12. The van der Waals surface area contributed by atoms with E-state index in [-0.39, 0.29) is 29.0 Å². The first-order chi connectivity index (χ1) is 15.1. The third-order valence-electron chi connectivity index (χ3n) is 5.27. The van der Waals surface area contributed by atoms with Crippen molar-refractivity contribution in [3.63, 3.8) is 0 Å². The fourth-order valence-corrected chi connectivity index (χ4v) is 5.09.